The summed E-state index contributed by atoms with van der Waals surface area (Å²) in [6, 6.07) is 0. The van der Waals surface area contributed by atoms with Crippen molar-refractivity contribution in [1.82, 2.24) is 20.4 Å². The Bertz CT molecular complexity index is 361. The number of nitrogens with one attached hydrogen (secondary N) is 2. The van der Waals surface area contributed by atoms with E-state index in [0.717, 1.165) is 37.4 Å². The van der Waals surface area contributed by atoms with Crippen LogP contribution in [0.5, 0.6) is 0 Å². The van der Waals surface area contributed by atoms with Gasteiger partial charge in [0.05, 0.1) is 0 Å². The van der Waals surface area contributed by atoms with Gasteiger partial charge in [-0.05, 0) is 90.6 Å². The molecule has 6 heteroatoms. The first-order valence-electron chi connectivity index (χ1n) is 10.1. The summed E-state index contributed by atoms with van der Waals surface area (Å²) in [5.41, 5.74) is 0. The number of hydrogen-bond donors (Lipinski definition) is 2. The maximum atomic E-state index is 4.82. The van der Waals surface area contributed by atoms with Gasteiger partial charge in [0.1, 0.15) is 0 Å². The van der Waals surface area contributed by atoms with E-state index in [9.17, 15) is 0 Å². The van der Waals surface area contributed by atoms with Gasteiger partial charge in [0.15, 0.2) is 5.96 Å². The highest BCUT2D eigenvalue weighted by atomic mass is 127. The Morgan fingerprint density at radius 1 is 1.04 bits per heavy atom. The third-order valence-electron chi connectivity index (χ3n) is 5.51. The molecular formula is C19H40IN5. The molecule has 2 heterocycles. The van der Waals surface area contributed by atoms with Crippen LogP contribution in [0.25, 0.3) is 0 Å². The number of aliphatic imine (C=N–C) groups is 1. The van der Waals surface area contributed by atoms with Crippen LogP contribution >= 0.6 is 24.0 Å². The molecule has 0 aromatic heterocycles. The van der Waals surface area contributed by atoms with Gasteiger partial charge in [0.25, 0.3) is 0 Å². The average Bonchev–Trinajstić information content (AvgIpc) is 2.59. The smallest absolute Gasteiger partial charge is 0.191 e. The van der Waals surface area contributed by atoms with Crippen molar-refractivity contribution in [3.05, 3.63) is 0 Å². The van der Waals surface area contributed by atoms with Gasteiger partial charge < -0.3 is 20.4 Å². The first-order chi connectivity index (χ1) is 11.7. The molecular weight excluding hydrogens is 425 g/mol. The summed E-state index contributed by atoms with van der Waals surface area (Å²) in [6.45, 7) is 13.7. The van der Waals surface area contributed by atoms with E-state index in [1.165, 1.54) is 64.8 Å². The van der Waals surface area contributed by atoms with Crippen LogP contribution in [0.4, 0.5) is 0 Å². The van der Waals surface area contributed by atoms with Crippen LogP contribution < -0.4 is 10.6 Å². The monoisotopic (exact) mass is 465 g/mol. The molecule has 25 heavy (non-hydrogen) atoms. The van der Waals surface area contributed by atoms with E-state index in [4.69, 9.17) is 4.99 Å². The Morgan fingerprint density at radius 3 is 2.36 bits per heavy atom. The second-order valence-electron chi connectivity index (χ2n) is 7.77. The van der Waals surface area contributed by atoms with Crippen molar-refractivity contribution >= 4 is 29.9 Å². The molecule has 2 fully saturated rings. The number of likely N-dealkylation sites (tertiary alicyclic amines) is 2. The van der Waals surface area contributed by atoms with Crippen LogP contribution in [-0.2, 0) is 0 Å². The van der Waals surface area contributed by atoms with Crippen LogP contribution in [-0.4, -0.2) is 75.2 Å². The minimum atomic E-state index is 0. The zero-order chi connectivity index (χ0) is 17.2. The lowest BCUT2D eigenvalue weighted by Crippen LogP contribution is -2.40. The van der Waals surface area contributed by atoms with E-state index in [-0.39, 0.29) is 24.0 Å². The highest BCUT2D eigenvalue weighted by Crippen LogP contribution is 2.16. The Kier molecular flexibility index (Phi) is 12.1. The van der Waals surface area contributed by atoms with E-state index < -0.39 is 0 Å². The molecule has 0 aromatic carbocycles. The van der Waals surface area contributed by atoms with Gasteiger partial charge in [-0.2, -0.15) is 0 Å². The van der Waals surface area contributed by atoms with Gasteiger partial charge in [-0.3, -0.25) is 4.99 Å². The van der Waals surface area contributed by atoms with E-state index in [1.54, 1.807) is 0 Å². The molecule has 0 aromatic rings. The summed E-state index contributed by atoms with van der Waals surface area (Å²) in [4.78, 5) is 9.86. The molecule has 0 aliphatic carbocycles. The van der Waals surface area contributed by atoms with Gasteiger partial charge in [0.2, 0.25) is 0 Å². The Morgan fingerprint density at radius 2 is 1.72 bits per heavy atom. The Labute approximate surface area is 172 Å². The molecule has 2 aliphatic rings. The van der Waals surface area contributed by atoms with E-state index >= 15 is 0 Å². The number of halogens is 1. The normalized spacial score (nSPS) is 21.8. The summed E-state index contributed by atoms with van der Waals surface area (Å²) >= 11 is 0. The number of rotatable bonds is 7. The predicted octanol–water partition coefficient (Wildman–Crippen LogP) is 2.62. The average molecular weight is 465 g/mol. The summed E-state index contributed by atoms with van der Waals surface area (Å²) in [5, 5.41) is 6.91. The van der Waals surface area contributed by atoms with Crippen molar-refractivity contribution in [2.75, 3.05) is 59.4 Å². The van der Waals surface area contributed by atoms with Gasteiger partial charge >= 0.3 is 0 Å². The zero-order valence-electron chi connectivity index (χ0n) is 16.6. The molecule has 148 valence electrons. The lowest BCUT2D eigenvalue weighted by Gasteiger charge is -2.30. The minimum absolute atomic E-state index is 0. The molecule has 0 unspecified atom stereocenters. The lowest BCUT2D eigenvalue weighted by molar-refractivity contribution is 0.191. The van der Waals surface area contributed by atoms with E-state index in [1.807, 2.05) is 0 Å². The first-order valence-corrected chi connectivity index (χ1v) is 10.1. The largest absolute Gasteiger partial charge is 0.357 e. The van der Waals surface area contributed by atoms with Gasteiger partial charge in [0, 0.05) is 19.6 Å². The lowest BCUT2D eigenvalue weighted by atomic mass is 9.97. The SMILES string of the molecule is CCNC(=NCC1CCN(C)CC1)NCCCN1CCC(C)CC1.I. The van der Waals surface area contributed by atoms with Crippen molar-refractivity contribution in [2.45, 2.75) is 46.0 Å². The summed E-state index contributed by atoms with van der Waals surface area (Å²) < 4.78 is 0. The molecule has 0 saturated carbocycles. The fourth-order valence-corrected chi connectivity index (χ4v) is 3.60. The molecule has 2 aliphatic heterocycles. The summed E-state index contributed by atoms with van der Waals surface area (Å²) in [7, 11) is 2.22. The van der Waals surface area contributed by atoms with Crippen molar-refractivity contribution in [1.29, 1.82) is 0 Å². The first kappa shape index (κ1) is 23.0. The molecule has 5 nitrogen and oxygen atoms in total. The number of piperidine rings is 2. The third-order valence-corrected chi connectivity index (χ3v) is 5.51. The molecule has 2 saturated heterocycles. The van der Waals surface area contributed by atoms with Crippen molar-refractivity contribution < 1.29 is 0 Å². The van der Waals surface area contributed by atoms with Crippen LogP contribution in [0.2, 0.25) is 0 Å². The Balaban J connectivity index is 0.00000312. The van der Waals surface area contributed by atoms with Gasteiger partial charge in [-0.15, -0.1) is 24.0 Å². The van der Waals surface area contributed by atoms with Crippen molar-refractivity contribution in [3.8, 4) is 0 Å². The number of hydrogen-bond acceptors (Lipinski definition) is 3. The minimum Gasteiger partial charge on any atom is -0.357 e. The van der Waals surface area contributed by atoms with Gasteiger partial charge in [-0.25, -0.2) is 0 Å². The maximum absolute atomic E-state index is 4.82. The highest BCUT2D eigenvalue weighted by Gasteiger charge is 2.16. The zero-order valence-corrected chi connectivity index (χ0v) is 18.9. The highest BCUT2D eigenvalue weighted by molar-refractivity contribution is 14.0. The topological polar surface area (TPSA) is 42.9 Å². The van der Waals surface area contributed by atoms with E-state index in [0.29, 0.717) is 0 Å². The van der Waals surface area contributed by atoms with Crippen LogP contribution in [0.15, 0.2) is 4.99 Å². The Hall–Kier alpha value is -0.0800. The molecule has 2 rings (SSSR count). The molecule has 2 N–H and O–H groups in total. The van der Waals surface area contributed by atoms with Crippen LogP contribution in [0.1, 0.15) is 46.0 Å². The van der Waals surface area contributed by atoms with Gasteiger partial charge in [-0.1, -0.05) is 6.92 Å². The molecule has 0 atom stereocenters. The molecule has 0 spiro atoms. The second kappa shape index (κ2) is 13.1. The van der Waals surface area contributed by atoms with Crippen molar-refractivity contribution in [2.24, 2.45) is 16.8 Å². The van der Waals surface area contributed by atoms with Crippen LogP contribution in [0, 0.1) is 11.8 Å². The number of guanidine groups is 1. The summed E-state index contributed by atoms with van der Waals surface area (Å²) in [5.74, 6) is 2.68. The number of nitrogens with zero attached hydrogens (tertiary/aromatic N) is 3. The standard InChI is InChI=1S/C19H39N5.HI/c1-4-20-19(22-16-18-8-12-23(3)13-9-18)21-10-5-11-24-14-6-17(2)7-15-24;/h17-18H,4-16H2,1-3H3,(H2,20,21,22);1H. The third kappa shape index (κ3) is 9.43. The molecule has 0 radical (unpaired) electrons. The molecule has 0 bridgehead atoms. The van der Waals surface area contributed by atoms with Crippen LogP contribution in [0.3, 0.4) is 0 Å². The molecule has 0 amide bonds. The van der Waals surface area contributed by atoms with E-state index in [2.05, 4.69) is 41.3 Å². The fraction of sp³-hybridized carbons (Fsp3) is 0.947. The quantitative estimate of drug-likeness (QED) is 0.263. The second-order valence-corrected chi connectivity index (χ2v) is 7.77. The predicted molar refractivity (Wildman–Crippen MR) is 119 cm³/mol. The van der Waals surface area contributed by atoms with Crippen molar-refractivity contribution in [3.63, 3.8) is 0 Å². The summed E-state index contributed by atoms with van der Waals surface area (Å²) in [6.07, 6.45) is 6.51. The maximum Gasteiger partial charge on any atom is 0.191 e. The fourth-order valence-electron chi connectivity index (χ4n) is 3.60.